The fraction of sp³-hybridized carbons (Fsp3) is 0.471. The van der Waals surface area contributed by atoms with E-state index in [0.717, 1.165) is 22.0 Å². The monoisotopic (exact) mass is 403 g/mol. The molecule has 10 heteroatoms. The van der Waals surface area contributed by atoms with E-state index in [1.807, 2.05) is 0 Å². The SMILES string of the molecule is CC(C)S(=O)(=O)NC1Cc2ccc(-n3cc(CO)c(C(F)(F)F)n3)cc2C1. The van der Waals surface area contributed by atoms with Crippen molar-refractivity contribution < 1.29 is 26.7 Å². The Hall–Kier alpha value is -1.91. The highest BCUT2D eigenvalue weighted by molar-refractivity contribution is 7.90. The van der Waals surface area contributed by atoms with Crippen LogP contribution in [0.5, 0.6) is 0 Å². The minimum absolute atomic E-state index is 0.279. The van der Waals surface area contributed by atoms with E-state index in [0.29, 0.717) is 18.5 Å². The number of alkyl halides is 3. The second-order valence-electron chi connectivity index (χ2n) is 6.87. The second kappa shape index (κ2) is 6.92. The van der Waals surface area contributed by atoms with E-state index >= 15 is 0 Å². The number of aliphatic hydroxyl groups excluding tert-OH is 1. The lowest BCUT2D eigenvalue weighted by molar-refractivity contribution is -0.142. The van der Waals surface area contributed by atoms with Gasteiger partial charge < -0.3 is 5.11 Å². The molecule has 2 N–H and O–H groups in total. The smallest absolute Gasteiger partial charge is 0.392 e. The summed E-state index contributed by atoms with van der Waals surface area (Å²) < 4.78 is 66.8. The van der Waals surface area contributed by atoms with Gasteiger partial charge in [-0.15, -0.1) is 0 Å². The number of hydrogen-bond acceptors (Lipinski definition) is 4. The Morgan fingerprint density at radius 2 is 1.96 bits per heavy atom. The van der Waals surface area contributed by atoms with Gasteiger partial charge in [-0.25, -0.2) is 17.8 Å². The van der Waals surface area contributed by atoms with Gasteiger partial charge in [-0.2, -0.15) is 18.3 Å². The molecule has 1 aromatic carbocycles. The van der Waals surface area contributed by atoms with Crippen LogP contribution in [0, 0.1) is 0 Å². The van der Waals surface area contributed by atoms with E-state index in [9.17, 15) is 21.6 Å². The third kappa shape index (κ3) is 4.02. The minimum atomic E-state index is -4.65. The van der Waals surface area contributed by atoms with Gasteiger partial charge in [0, 0.05) is 17.8 Å². The van der Waals surface area contributed by atoms with Crippen molar-refractivity contribution in [1.82, 2.24) is 14.5 Å². The van der Waals surface area contributed by atoms with Crippen molar-refractivity contribution >= 4 is 10.0 Å². The van der Waals surface area contributed by atoms with Crippen LogP contribution in [-0.2, 0) is 35.6 Å². The Bertz CT molecular complexity index is 952. The summed E-state index contributed by atoms with van der Waals surface area (Å²) >= 11 is 0. The summed E-state index contributed by atoms with van der Waals surface area (Å²) in [6.45, 7) is 2.42. The van der Waals surface area contributed by atoms with Gasteiger partial charge in [-0.05, 0) is 49.9 Å². The summed E-state index contributed by atoms with van der Waals surface area (Å²) in [6.07, 6.45) is -2.52. The van der Waals surface area contributed by atoms with Crippen LogP contribution in [0.3, 0.4) is 0 Å². The van der Waals surface area contributed by atoms with E-state index < -0.39 is 33.8 Å². The quantitative estimate of drug-likeness (QED) is 0.802. The third-order valence-electron chi connectivity index (χ3n) is 4.57. The second-order valence-corrected chi connectivity index (χ2v) is 9.14. The van der Waals surface area contributed by atoms with Crippen LogP contribution >= 0.6 is 0 Å². The molecule has 0 bridgehead atoms. The molecule has 148 valence electrons. The van der Waals surface area contributed by atoms with Gasteiger partial charge in [-0.1, -0.05) is 6.07 Å². The van der Waals surface area contributed by atoms with Crippen molar-refractivity contribution in [3.05, 3.63) is 46.8 Å². The molecule has 1 atom stereocenters. The zero-order valence-electron chi connectivity index (χ0n) is 14.8. The van der Waals surface area contributed by atoms with Crippen molar-refractivity contribution in [2.45, 2.75) is 50.8 Å². The van der Waals surface area contributed by atoms with Crippen molar-refractivity contribution in [2.75, 3.05) is 0 Å². The van der Waals surface area contributed by atoms with E-state index in [2.05, 4.69) is 9.82 Å². The first-order valence-electron chi connectivity index (χ1n) is 8.41. The van der Waals surface area contributed by atoms with E-state index in [1.165, 1.54) is 0 Å². The lowest BCUT2D eigenvalue weighted by atomic mass is 10.1. The molecule has 1 unspecified atom stereocenters. The number of nitrogens with one attached hydrogen (secondary N) is 1. The Morgan fingerprint density at radius 1 is 1.30 bits per heavy atom. The van der Waals surface area contributed by atoms with Crippen molar-refractivity contribution in [1.29, 1.82) is 0 Å². The molecule has 0 saturated heterocycles. The number of fused-ring (bicyclic) bond motifs is 1. The molecule has 0 spiro atoms. The number of nitrogens with zero attached hydrogens (tertiary/aromatic N) is 2. The van der Waals surface area contributed by atoms with Gasteiger partial charge in [0.15, 0.2) is 5.69 Å². The summed E-state index contributed by atoms with van der Waals surface area (Å²) in [5.74, 6) is 0. The molecule has 3 rings (SSSR count). The Balaban J connectivity index is 1.86. The average Bonchev–Trinajstić information content (AvgIpc) is 3.16. The molecule has 6 nitrogen and oxygen atoms in total. The Kier molecular flexibility index (Phi) is 5.08. The number of hydrogen-bond donors (Lipinski definition) is 2. The first kappa shape index (κ1) is 19.8. The normalized spacial score (nSPS) is 17.5. The van der Waals surface area contributed by atoms with Crippen molar-refractivity contribution in [3.63, 3.8) is 0 Å². The number of halogens is 3. The number of benzene rings is 1. The fourth-order valence-electron chi connectivity index (χ4n) is 3.10. The van der Waals surface area contributed by atoms with Crippen molar-refractivity contribution in [2.24, 2.45) is 0 Å². The van der Waals surface area contributed by atoms with Gasteiger partial charge in [0.1, 0.15) is 0 Å². The summed E-state index contributed by atoms with van der Waals surface area (Å²) in [5.41, 5.74) is 0.810. The largest absolute Gasteiger partial charge is 0.435 e. The first-order valence-corrected chi connectivity index (χ1v) is 9.96. The number of sulfonamides is 1. The highest BCUT2D eigenvalue weighted by atomic mass is 32.2. The zero-order valence-corrected chi connectivity index (χ0v) is 15.6. The molecular formula is C17H20F3N3O3S. The first-order chi connectivity index (χ1) is 12.5. The summed E-state index contributed by atoms with van der Waals surface area (Å²) in [6, 6.07) is 4.82. The van der Waals surface area contributed by atoms with Crippen LogP contribution in [0.2, 0.25) is 0 Å². The van der Waals surface area contributed by atoms with E-state index in [-0.39, 0.29) is 11.6 Å². The number of rotatable bonds is 5. The summed E-state index contributed by atoms with van der Waals surface area (Å²) in [5, 5.41) is 12.2. The fourth-order valence-corrected chi connectivity index (χ4v) is 4.00. The van der Waals surface area contributed by atoms with Crippen molar-refractivity contribution in [3.8, 4) is 5.69 Å². The highest BCUT2D eigenvalue weighted by Gasteiger charge is 2.37. The van der Waals surface area contributed by atoms with Crippen LogP contribution in [-0.4, -0.2) is 34.6 Å². The molecule has 0 amide bonds. The molecule has 0 aliphatic heterocycles. The molecule has 1 aliphatic carbocycles. The molecule has 1 aromatic heterocycles. The molecule has 1 heterocycles. The maximum Gasteiger partial charge on any atom is 0.435 e. The topological polar surface area (TPSA) is 84.2 Å². The van der Waals surface area contributed by atoms with E-state index in [1.54, 1.807) is 32.0 Å². The molecule has 1 aliphatic rings. The standard InChI is InChI=1S/C17H20F3N3O3S/c1-10(2)27(25,26)22-14-5-11-3-4-15(7-12(11)6-14)23-8-13(9-24)16(21-23)17(18,19)20/h3-4,7-8,10,14,22,24H,5-6,9H2,1-2H3. The van der Waals surface area contributed by atoms with Gasteiger partial charge in [0.2, 0.25) is 10.0 Å². The molecule has 27 heavy (non-hydrogen) atoms. The molecular weight excluding hydrogens is 383 g/mol. The lowest BCUT2D eigenvalue weighted by Crippen LogP contribution is -2.39. The Labute approximate surface area is 155 Å². The molecule has 0 saturated carbocycles. The number of aliphatic hydroxyl groups is 1. The van der Waals surface area contributed by atoms with Gasteiger partial charge >= 0.3 is 6.18 Å². The van der Waals surface area contributed by atoms with Crippen LogP contribution in [0.4, 0.5) is 13.2 Å². The van der Waals surface area contributed by atoms with Gasteiger partial charge in [0.25, 0.3) is 0 Å². The van der Waals surface area contributed by atoms with Crippen LogP contribution in [0.25, 0.3) is 5.69 Å². The maximum atomic E-state index is 13.0. The summed E-state index contributed by atoms with van der Waals surface area (Å²) in [7, 11) is -3.40. The lowest BCUT2D eigenvalue weighted by Gasteiger charge is -2.14. The molecule has 2 aromatic rings. The predicted octanol–water partition coefficient (Wildman–Crippen LogP) is 2.18. The van der Waals surface area contributed by atoms with Crippen LogP contribution < -0.4 is 4.72 Å². The Morgan fingerprint density at radius 3 is 2.52 bits per heavy atom. The average molecular weight is 403 g/mol. The zero-order chi connectivity index (χ0) is 20.0. The van der Waals surface area contributed by atoms with Gasteiger partial charge in [0.05, 0.1) is 17.5 Å². The minimum Gasteiger partial charge on any atom is -0.392 e. The third-order valence-corrected chi connectivity index (χ3v) is 6.47. The van der Waals surface area contributed by atoms with Gasteiger partial charge in [-0.3, -0.25) is 0 Å². The molecule has 0 fully saturated rings. The summed E-state index contributed by atoms with van der Waals surface area (Å²) in [4.78, 5) is 0. The molecule has 0 radical (unpaired) electrons. The predicted molar refractivity (Wildman–Crippen MR) is 92.9 cm³/mol. The maximum absolute atomic E-state index is 13.0. The highest BCUT2D eigenvalue weighted by Crippen LogP contribution is 2.32. The van der Waals surface area contributed by atoms with E-state index in [4.69, 9.17) is 5.11 Å². The van der Waals surface area contributed by atoms with Crippen LogP contribution in [0.15, 0.2) is 24.4 Å². The number of aromatic nitrogens is 2. The van der Waals surface area contributed by atoms with Crippen LogP contribution in [0.1, 0.15) is 36.2 Å².